The van der Waals surface area contributed by atoms with E-state index in [4.69, 9.17) is 4.74 Å². The van der Waals surface area contributed by atoms with Gasteiger partial charge in [-0.3, -0.25) is 0 Å². The summed E-state index contributed by atoms with van der Waals surface area (Å²) in [4.78, 5) is 0. The van der Waals surface area contributed by atoms with Crippen molar-refractivity contribution in [3.63, 3.8) is 0 Å². The van der Waals surface area contributed by atoms with Gasteiger partial charge in [-0.1, -0.05) is 82.9 Å². The Morgan fingerprint density at radius 3 is 1.96 bits per heavy atom. The molecule has 1 atom stereocenters. The van der Waals surface area contributed by atoms with E-state index in [1.54, 1.807) is 0 Å². The van der Waals surface area contributed by atoms with Crippen molar-refractivity contribution in [2.75, 3.05) is 34.3 Å². The largest absolute Gasteiger partial charge is 1.00 e. The van der Waals surface area contributed by atoms with Crippen molar-refractivity contribution in [1.29, 1.82) is 0 Å². The number of hydrogen-bond acceptors (Lipinski definition) is 2. The number of quaternary nitrogens is 1. The summed E-state index contributed by atoms with van der Waals surface area (Å²) < 4.78 is 6.67. The molecule has 164 valence electrons. The average Bonchev–Trinajstić information content (AvgIpc) is 2.61. The fourth-order valence-electron chi connectivity index (χ4n) is 3.52. The zero-order valence-corrected chi connectivity index (χ0v) is 19.5. The van der Waals surface area contributed by atoms with E-state index in [1.807, 2.05) is 12.1 Å². The van der Waals surface area contributed by atoms with Gasteiger partial charge < -0.3 is 26.7 Å². The molecule has 0 heterocycles. The number of ether oxygens (including phenoxy) is 1. The van der Waals surface area contributed by atoms with Gasteiger partial charge in [0.2, 0.25) is 0 Å². The van der Waals surface area contributed by atoms with Crippen molar-refractivity contribution in [1.82, 2.24) is 0 Å². The number of benzene rings is 1. The molecule has 0 radical (unpaired) electrons. The molecule has 0 aliphatic rings. The maximum Gasteiger partial charge on any atom is 0.137 e. The van der Waals surface area contributed by atoms with Gasteiger partial charge in [0.1, 0.15) is 25.0 Å². The molecule has 4 heteroatoms. The Balaban J connectivity index is 0.00000729. The summed E-state index contributed by atoms with van der Waals surface area (Å²) >= 11 is 0. The monoisotopic (exact) mass is 413 g/mol. The van der Waals surface area contributed by atoms with Gasteiger partial charge in [0.15, 0.2) is 0 Å². The van der Waals surface area contributed by atoms with Gasteiger partial charge >= 0.3 is 0 Å². The van der Waals surface area contributed by atoms with Gasteiger partial charge in [0.05, 0.1) is 21.1 Å². The van der Waals surface area contributed by atoms with E-state index < -0.39 is 6.10 Å². The molecule has 0 aromatic heterocycles. The lowest BCUT2D eigenvalue weighted by Crippen LogP contribution is -3.00. The molecule has 0 aliphatic heterocycles. The molecule has 0 amide bonds. The summed E-state index contributed by atoms with van der Waals surface area (Å²) in [6.45, 7) is 3.34. The molecule has 0 saturated carbocycles. The molecule has 0 saturated heterocycles. The van der Waals surface area contributed by atoms with E-state index in [-0.39, 0.29) is 12.4 Å². The van der Waals surface area contributed by atoms with Crippen LogP contribution in [0, 0.1) is 0 Å². The number of para-hydroxylation sites is 1. The number of halogens is 1. The van der Waals surface area contributed by atoms with E-state index in [1.165, 1.54) is 69.8 Å². The summed E-state index contributed by atoms with van der Waals surface area (Å²) in [5.41, 5.74) is 1.27. The predicted molar refractivity (Wildman–Crippen MR) is 116 cm³/mol. The Bertz CT molecular complexity index is 488. The molecular weight excluding hydrogens is 370 g/mol. The van der Waals surface area contributed by atoms with Crippen LogP contribution in [0.25, 0.3) is 0 Å². The van der Waals surface area contributed by atoms with Crippen LogP contribution in [0.5, 0.6) is 5.75 Å². The number of unbranched alkanes of at least 4 members (excludes halogenated alkanes) is 9. The molecule has 1 rings (SSSR count). The number of nitrogens with zero attached hydrogens (tertiary/aromatic N) is 1. The minimum Gasteiger partial charge on any atom is -1.00 e. The molecule has 0 fully saturated rings. The molecular formula is C24H44ClNO2. The quantitative estimate of drug-likeness (QED) is 0.333. The summed E-state index contributed by atoms with van der Waals surface area (Å²) in [6, 6.07) is 8.30. The molecule has 1 N–H and O–H groups in total. The van der Waals surface area contributed by atoms with E-state index in [2.05, 4.69) is 40.2 Å². The van der Waals surface area contributed by atoms with Gasteiger partial charge in [-0.25, -0.2) is 0 Å². The standard InChI is InChI=1S/C24H44NO2.ClH/c1-5-6-7-8-9-10-11-12-13-14-17-22-18-15-16-19-24(22)27-21-23(26)20-25(2,3)4;/h15-16,18-19,23,26H,5-14,17,20-21H2,1-4H3;1H/q+1;/p-1. The second-order valence-electron chi connectivity index (χ2n) is 8.98. The Labute approximate surface area is 180 Å². The van der Waals surface area contributed by atoms with Crippen LogP contribution in [-0.4, -0.2) is 50.0 Å². The Morgan fingerprint density at radius 1 is 0.857 bits per heavy atom. The lowest BCUT2D eigenvalue weighted by Gasteiger charge is -2.26. The highest BCUT2D eigenvalue weighted by atomic mass is 35.5. The topological polar surface area (TPSA) is 29.5 Å². The predicted octanol–water partition coefficient (Wildman–Crippen LogP) is 2.60. The maximum atomic E-state index is 10.2. The number of hydrogen-bond donors (Lipinski definition) is 1. The lowest BCUT2D eigenvalue weighted by atomic mass is 10.0. The molecule has 1 aromatic carbocycles. The molecule has 1 unspecified atom stereocenters. The molecule has 3 nitrogen and oxygen atoms in total. The Hall–Kier alpha value is -0.770. The van der Waals surface area contributed by atoms with Crippen LogP contribution >= 0.6 is 0 Å². The number of likely N-dealkylation sites (N-methyl/N-ethyl adjacent to an activating group) is 1. The zero-order valence-electron chi connectivity index (χ0n) is 18.8. The van der Waals surface area contributed by atoms with Crippen molar-refractivity contribution < 1.29 is 26.7 Å². The van der Waals surface area contributed by atoms with E-state index in [0.717, 1.165) is 16.7 Å². The maximum absolute atomic E-state index is 10.2. The molecule has 1 aromatic rings. The smallest absolute Gasteiger partial charge is 0.137 e. The highest BCUT2D eigenvalue weighted by molar-refractivity contribution is 5.33. The first-order valence-electron chi connectivity index (χ1n) is 11.1. The number of aliphatic hydroxyl groups is 1. The fraction of sp³-hybridized carbons (Fsp3) is 0.750. The first-order chi connectivity index (χ1) is 12.9. The highest BCUT2D eigenvalue weighted by Gasteiger charge is 2.16. The summed E-state index contributed by atoms with van der Waals surface area (Å²) in [5, 5.41) is 10.2. The first-order valence-corrected chi connectivity index (χ1v) is 11.1. The lowest BCUT2D eigenvalue weighted by molar-refractivity contribution is -0.873. The second-order valence-corrected chi connectivity index (χ2v) is 8.98. The van der Waals surface area contributed by atoms with Crippen molar-refractivity contribution in [3.8, 4) is 5.75 Å². The van der Waals surface area contributed by atoms with Crippen molar-refractivity contribution in [2.45, 2.75) is 83.7 Å². The molecule has 0 spiro atoms. The fourth-order valence-corrected chi connectivity index (χ4v) is 3.52. The van der Waals surface area contributed by atoms with Crippen LogP contribution in [0.2, 0.25) is 0 Å². The van der Waals surface area contributed by atoms with Crippen molar-refractivity contribution in [2.24, 2.45) is 0 Å². The van der Waals surface area contributed by atoms with Crippen molar-refractivity contribution >= 4 is 0 Å². The third-order valence-corrected chi connectivity index (χ3v) is 4.96. The highest BCUT2D eigenvalue weighted by Crippen LogP contribution is 2.21. The summed E-state index contributed by atoms with van der Waals surface area (Å²) in [6.07, 6.45) is 14.2. The van der Waals surface area contributed by atoms with E-state index >= 15 is 0 Å². The summed E-state index contributed by atoms with van der Waals surface area (Å²) in [7, 11) is 6.26. The van der Waals surface area contributed by atoms with Crippen LogP contribution in [0.3, 0.4) is 0 Å². The number of rotatable bonds is 16. The number of aliphatic hydroxyl groups excluding tert-OH is 1. The second kappa shape index (κ2) is 16.1. The molecule has 28 heavy (non-hydrogen) atoms. The van der Waals surface area contributed by atoms with Gasteiger partial charge in [0, 0.05) is 0 Å². The minimum atomic E-state index is -0.435. The zero-order chi connectivity index (χ0) is 20.0. The average molecular weight is 414 g/mol. The molecule has 0 aliphatic carbocycles. The minimum absolute atomic E-state index is 0. The van der Waals surface area contributed by atoms with Crippen LogP contribution < -0.4 is 17.1 Å². The third kappa shape index (κ3) is 14.3. The summed E-state index contributed by atoms with van der Waals surface area (Å²) in [5.74, 6) is 0.939. The van der Waals surface area contributed by atoms with Crippen LogP contribution in [-0.2, 0) is 6.42 Å². The normalized spacial score (nSPS) is 12.5. The Kier molecular flexibility index (Phi) is 15.6. The van der Waals surface area contributed by atoms with Crippen LogP contribution in [0.15, 0.2) is 24.3 Å². The van der Waals surface area contributed by atoms with Crippen LogP contribution in [0.4, 0.5) is 0 Å². The number of aryl methyl sites for hydroxylation is 1. The van der Waals surface area contributed by atoms with Gasteiger partial charge in [-0.15, -0.1) is 0 Å². The van der Waals surface area contributed by atoms with Crippen LogP contribution in [0.1, 0.15) is 76.7 Å². The van der Waals surface area contributed by atoms with E-state index in [9.17, 15) is 5.11 Å². The van der Waals surface area contributed by atoms with E-state index in [0.29, 0.717) is 13.2 Å². The van der Waals surface area contributed by atoms with Gasteiger partial charge in [0.25, 0.3) is 0 Å². The Morgan fingerprint density at radius 2 is 1.39 bits per heavy atom. The van der Waals surface area contributed by atoms with Gasteiger partial charge in [-0.05, 0) is 24.5 Å². The van der Waals surface area contributed by atoms with Gasteiger partial charge in [-0.2, -0.15) is 0 Å². The molecule has 0 bridgehead atoms. The SMILES string of the molecule is CCCCCCCCCCCCc1ccccc1OCC(O)C[N+](C)(C)C.[Cl-]. The van der Waals surface area contributed by atoms with Crippen molar-refractivity contribution in [3.05, 3.63) is 29.8 Å². The first kappa shape index (κ1) is 27.2. The third-order valence-electron chi connectivity index (χ3n) is 4.96.